The van der Waals surface area contributed by atoms with E-state index in [0.717, 1.165) is 23.8 Å². The minimum absolute atomic E-state index is 0.00193. The Kier molecular flexibility index (Phi) is 4.79. The highest BCUT2D eigenvalue weighted by Gasteiger charge is 2.39. The van der Waals surface area contributed by atoms with Gasteiger partial charge in [0.25, 0.3) is 0 Å². The van der Waals surface area contributed by atoms with Gasteiger partial charge in [0.05, 0.1) is 16.8 Å². The maximum Gasteiger partial charge on any atom is 0.236 e. The van der Waals surface area contributed by atoms with E-state index in [1.807, 2.05) is 13.8 Å². The number of hydrogen-bond donors (Lipinski definition) is 0. The topological polar surface area (TPSA) is 85.2 Å². The van der Waals surface area contributed by atoms with Gasteiger partial charge in [0.2, 0.25) is 5.91 Å². The van der Waals surface area contributed by atoms with Gasteiger partial charge in [0.15, 0.2) is 15.0 Å². The van der Waals surface area contributed by atoms with Crippen molar-refractivity contribution in [3.63, 3.8) is 0 Å². The molecule has 1 aliphatic heterocycles. The molecule has 144 valence electrons. The summed E-state index contributed by atoms with van der Waals surface area (Å²) in [4.78, 5) is 14.7. The summed E-state index contributed by atoms with van der Waals surface area (Å²) in [6, 6.07) is 0.302. The summed E-state index contributed by atoms with van der Waals surface area (Å²) in [5.41, 5.74) is 0. The second-order valence-corrected chi connectivity index (χ2v) is 11.2. The first-order valence-electron chi connectivity index (χ1n) is 9.52. The Labute approximate surface area is 158 Å². The van der Waals surface area contributed by atoms with Crippen LogP contribution in [0.3, 0.4) is 0 Å². The number of hydrogen-bond acceptors (Lipinski definition) is 6. The van der Waals surface area contributed by atoms with Crippen molar-refractivity contribution in [1.29, 1.82) is 0 Å². The van der Waals surface area contributed by atoms with E-state index in [1.165, 1.54) is 24.6 Å². The van der Waals surface area contributed by atoms with E-state index in [4.69, 9.17) is 0 Å². The Balaban J connectivity index is 1.47. The lowest BCUT2D eigenvalue weighted by Crippen LogP contribution is -2.44. The fourth-order valence-electron chi connectivity index (χ4n) is 3.72. The minimum Gasteiger partial charge on any atom is -0.338 e. The normalized spacial score (nSPS) is 26.0. The molecule has 0 bridgehead atoms. The first kappa shape index (κ1) is 18.3. The molecular formula is C17H26N4O3S2. The molecule has 7 nitrogen and oxygen atoms in total. The average Bonchev–Trinajstić information content (AvgIpc) is 3.52. The van der Waals surface area contributed by atoms with Crippen molar-refractivity contribution in [2.45, 2.75) is 74.4 Å². The van der Waals surface area contributed by atoms with Crippen LogP contribution in [0.5, 0.6) is 0 Å². The Morgan fingerprint density at radius 2 is 2.00 bits per heavy atom. The fourth-order valence-corrected chi connectivity index (χ4v) is 6.45. The van der Waals surface area contributed by atoms with Gasteiger partial charge in [-0.05, 0) is 46.0 Å². The van der Waals surface area contributed by atoms with Crippen molar-refractivity contribution in [2.75, 3.05) is 18.1 Å². The van der Waals surface area contributed by atoms with Crippen molar-refractivity contribution >= 4 is 27.5 Å². The van der Waals surface area contributed by atoms with Gasteiger partial charge in [-0.2, -0.15) is 0 Å². The van der Waals surface area contributed by atoms with E-state index in [1.54, 1.807) is 4.90 Å². The summed E-state index contributed by atoms with van der Waals surface area (Å²) in [5, 5.41) is 9.32. The summed E-state index contributed by atoms with van der Waals surface area (Å²) >= 11 is 1.46. The number of amides is 1. The van der Waals surface area contributed by atoms with Gasteiger partial charge in [0, 0.05) is 24.5 Å². The Morgan fingerprint density at radius 3 is 2.54 bits per heavy atom. The number of aromatic nitrogens is 3. The predicted octanol–water partition coefficient (Wildman–Crippen LogP) is 2.01. The third kappa shape index (κ3) is 3.65. The van der Waals surface area contributed by atoms with Gasteiger partial charge in [-0.25, -0.2) is 8.42 Å². The smallest absolute Gasteiger partial charge is 0.236 e. The lowest BCUT2D eigenvalue weighted by Gasteiger charge is -2.29. The van der Waals surface area contributed by atoms with Crippen molar-refractivity contribution in [1.82, 2.24) is 19.7 Å². The van der Waals surface area contributed by atoms with E-state index < -0.39 is 9.84 Å². The zero-order valence-corrected chi connectivity index (χ0v) is 16.9. The Morgan fingerprint density at radius 1 is 1.27 bits per heavy atom. The third-order valence-corrected chi connectivity index (χ3v) is 8.24. The first-order valence-corrected chi connectivity index (χ1v) is 12.2. The van der Waals surface area contributed by atoms with E-state index in [2.05, 4.69) is 14.8 Å². The first-order chi connectivity index (χ1) is 12.4. The molecule has 3 aliphatic rings. The summed E-state index contributed by atoms with van der Waals surface area (Å²) < 4.78 is 25.8. The van der Waals surface area contributed by atoms with Gasteiger partial charge in [0.1, 0.15) is 5.82 Å². The molecule has 2 saturated carbocycles. The van der Waals surface area contributed by atoms with Crippen LogP contribution < -0.4 is 0 Å². The molecule has 4 rings (SSSR count). The van der Waals surface area contributed by atoms with Gasteiger partial charge in [-0.1, -0.05) is 11.8 Å². The molecule has 2 heterocycles. The van der Waals surface area contributed by atoms with Crippen molar-refractivity contribution in [3.8, 4) is 0 Å². The van der Waals surface area contributed by atoms with Gasteiger partial charge < -0.3 is 9.47 Å². The Bertz CT molecular complexity index is 799. The predicted molar refractivity (Wildman–Crippen MR) is 100 cm³/mol. The Hall–Kier alpha value is -1.09. The number of sulfone groups is 1. The number of carbonyl (C=O) groups is 1. The number of rotatable bonds is 7. The van der Waals surface area contributed by atoms with Crippen LogP contribution in [0.2, 0.25) is 0 Å². The van der Waals surface area contributed by atoms with Gasteiger partial charge in [-0.15, -0.1) is 10.2 Å². The summed E-state index contributed by atoms with van der Waals surface area (Å²) in [7, 11) is -3.00. The SMILES string of the molecule is CCN(C(=O)[C@@H](C)Sc1nnc(C2CC2)n1C1CC1)[C@@H]1CCS(=O)(=O)C1. The number of nitrogens with zero attached hydrogens (tertiary/aromatic N) is 4. The summed E-state index contributed by atoms with van der Waals surface area (Å²) in [5.74, 6) is 1.90. The second kappa shape index (κ2) is 6.82. The molecule has 0 unspecified atom stereocenters. The molecule has 0 aromatic carbocycles. The lowest BCUT2D eigenvalue weighted by atomic mass is 10.2. The van der Waals surface area contributed by atoms with Crippen LogP contribution in [-0.2, 0) is 14.6 Å². The number of thioether (sulfide) groups is 1. The van der Waals surface area contributed by atoms with E-state index in [0.29, 0.717) is 24.9 Å². The molecule has 0 radical (unpaired) electrons. The summed E-state index contributed by atoms with van der Waals surface area (Å²) in [6.07, 6.45) is 5.24. The van der Waals surface area contributed by atoms with E-state index in [9.17, 15) is 13.2 Å². The highest BCUT2D eigenvalue weighted by atomic mass is 32.2. The maximum atomic E-state index is 13.0. The molecule has 26 heavy (non-hydrogen) atoms. The van der Waals surface area contributed by atoms with Crippen molar-refractivity contribution in [2.24, 2.45) is 0 Å². The zero-order chi connectivity index (χ0) is 18.5. The zero-order valence-electron chi connectivity index (χ0n) is 15.3. The largest absolute Gasteiger partial charge is 0.338 e. The van der Waals surface area contributed by atoms with Gasteiger partial charge in [-0.3, -0.25) is 4.79 Å². The standard InChI is InChI=1S/C17H26N4O3S2/c1-3-20(14-8-9-26(23,24)10-14)16(22)11(2)25-17-19-18-15(12-4-5-12)21(17)13-6-7-13/h11-14H,3-10H2,1-2H3/t11-,14-/m1/s1. The molecular weight excluding hydrogens is 372 g/mol. The molecule has 9 heteroatoms. The molecule has 2 atom stereocenters. The number of carbonyl (C=O) groups excluding carboxylic acids is 1. The van der Waals surface area contributed by atoms with Crippen LogP contribution in [0.15, 0.2) is 5.16 Å². The third-order valence-electron chi connectivity index (χ3n) is 5.45. The molecule has 0 spiro atoms. The van der Waals surface area contributed by atoms with E-state index in [-0.39, 0.29) is 28.7 Å². The van der Waals surface area contributed by atoms with Crippen LogP contribution in [0, 0.1) is 0 Å². The van der Waals surface area contributed by atoms with E-state index >= 15 is 0 Å². The highest BCUT2D eigenvalue weighted by molar-refractivity contribution is 8.00. The molecule has 1 saturated heterocycles. The summed E-state index contributed by atoms with van der Waals surface area (Å²) in [6.45, 7) is 4.34. The van der Waals surface area contributed by atoms with Crippen LogP contribution in [0.25, 0.3) is 0 Å². The van der Waals surface area contributed by atoms with Crippen LogP contribution in [0.4, 0.5) is 0 Å². The highest BCUT2D eigenvalue weighted by Crippen LogP contribution is 2.46. The quantitative estimate of drug-likeness (QED) is 0.653. The monoisotopic (exact) mass is 398 g/mol. The van der Waals surface area contributed by atoms with Crippen LogP contribution >= 0.6 is 11.8 Å². The van der Waals surface area contributed by atoms with Crippen molar-refractivity contribution < 1.29 is 13.2 Å². The average molecular weight is 399 g/mol. The van der Waals surface area contributed by atoms with Crippen LogP contribution in [-0.4, -0.2) is 63.3 Å². The molecule has 1 aromatic heterocycles. The molecule has 3 fully saturated rings. The molecule has 1 aromatic rings. The fraction of sp³-hybridized carbons (Fsp3) is 0.824. The molecule has 0 N–H and O–H groups in total. The molecule has 2 aliphatic carbocycles. The molecule has 1 amide bonds. The maximum absolute atomic E-state index is 13.0. The van der Waals surface area contributed by atoms with Gasteiger partial charge >= 0.3 is 0 Å². The minimum atomic E-state index is -3.00. The second-order valence-electron chi connectivity index (χ2n) is 7.66. The van der Waals surface area contributed by atoms with Crippen LogP contribution in [0.1, 0.15) is 63.7 Å². The lowest BCUT2D eigenvalue weighted by molar-refractivity contribution is -0.131. The van der Waals surface area contributed by atoms with Crippen molar-refractivity contribution in [3.05, 3.63) is 5.82 Å².